The SMILES string of the molecule is CCC(NC(=O)COCCOC)C(N)=S. The summed E-state index contributed by atoms with van der Waals surface area (Å²) in [5.41, 5.74) is 5.43. The second kappa shape index (κ2) is 8.58. The average Bonchev–Trinajstić information content (AvgIpc) is 2.20. The Morgan fingerprint density at radius 1 is 1.53 bits per heavy atom. The standard InChI is InChI=1S/C9H18N2O3S/c1-3-7(9(10)15)11-8(12)6-14-5-4-13-2/h7H,3-6H2,1-2H3,(H2,10,15)(H,11,12). The summed E-state index contributed by atoms with van der Waals surface area (Å²) in [4.78, 5) is 11.6. The van der Waals surface area contributed by atoms with Crippen LogP contribution in [0.2, 0.25) is 0 Å². The van der Waals surface area contributed by atoms with Crippen molar-refractivity contribution in [3.05, 3.63) is 0 Å². The second-order valence-electron chi connectivity index (χ2n) is 2.98. The van der Waals surface area contributed by atoms with E-state index in [-0.39, 0.29) is 18.6 Å². The topological polar surface area (TPSA) is 73.6 Å². The molecule has 1 amide bonds. The number of rotatable bonds is 8. The van der Waals surface area contributed by atoms with Crippen molar-refractivity contribution in [1.82, 2.24) is 5.32 Å². The monoisotopic (exact) mass is 234 g/mol. The molecule has 0 fully saturated rings. The smallest absolute Gasteiger partial charge is 0.246 e. The Morgan fingerprint density at radius 2 is 2.20 bits per heavy atom. The van der Waals surface area contributed by atoms with E-state index < -0.39 is 0 Å². The first-order valence-corrected chi connectivity index (χ1v) is 5.18. The lowest BCUT2D eigenvalue weighted by Crippen LogP contribution is -2.44. The van der Waals surface area contributed by atoms with Crippen molar-refractivity contribution in [2.24, 2.45) is 5.73 Å². The van der Waals surface area contributed by atoms with E-state index in [9.17, 15) is 4.79 Å². The van der Waals surface area contributed by atoms with Gasteiger partial charge in [0, 0.05) is 7.11 Å². The molecule has 6 heteroatoms. The maximum absolute atomic E-state index is 11.3. The summed E-state index contributed by atoms with van der Waals surface area (Å²) < 4.78 is 9.81. The Bertz CT molecular complexity index is 212. The summed E-state index contributed by atoms with van der Waals surface area (Å²) in [7, 11) is 1.57. The van der Waals surface area contributed by atoms with E-state index in [1.807, 2.05) is 6.92 Å². The minimum Gasteiger partial charge on any atom is -0.392 e. The molecule has 15 heavy (non-hydrogen) atoms. The van der Waals surface area contributed by atoms with Crippen LogP contribution in [0.3, 0.4) is 0 Å². The van der Waals surface area contributed by atoms with Crippen LogP contribution in [0.5, 0.6) is 0 Å². The number of amides is 1. The van der Waals surface area contributed by atoms with Gasteiger partial charge in [-0.15, -0.1) is 0 Å². The highest BCUT2D eigenvalue weighted by atomic mass is 32.1. The molecule has 0 heterocycles. The Kier molecular flexibility index (Phi) is 8.17. The van der Waals surface area contributed by atoms with Crippen LogP contribution in [0.1, 0.15) is 13.3 Å². The number of thiocarbonyl (C=S) groups is 1. The summed E-state index contributed by atoms with van der Waals surface area (Å²) in [6.45, 7) is 2.77. The molecule has 0 aromatic heterocycles. The molecule has 3 N–H and O–H groups in total. The van der Waals surface area contributed by atoms with Crippen LogP contribution in [0.4, 0.5) is 0 Å². The molecule has 1 atom stereocenters. The molecular weight excluding hydrogens is 216 g/mol. The third-order valence-corrected chi connectivity index (χ3v) is 2.04. The van der Waals surface area contributed by atoms with Crippen LogP contribution in [0.25, 0.3) is 0 Å². The van der Waals surface area contributed by atoms with Gasteiger partial charge in [-0.1, -0.05) is 19.1 Å². The highest BCUT2D eigenvalue weighted by molar-refractivity contribution is 7.80. The second-order valence-corrected chi connectivity index (χ2v) is 3.45. The molecule has 0 spiro atoms. The Hall–Kier alpha value is -0.720. The van der Waals surface area contributed by atoms with Gasteiger partial charge in [-0.3, -0.25) is 4.79 Å². The maximum Gasteiger partial charge on any atom is 0.246 e. The number of methoxy groups -OCH3 is 1. The molecule has 88 valence electrons. The van der Waals surface area contributed by atoms with Gasteiger partial charge in [0.05, 0.1) is 24.2 Å². The van der Waals surface area contributed by atoms with E-state index in [2.05, 4.69) is 5.32 Å². The molecule has 0 radical (unpaired) electrons. The predicted octanol–water partition coefficient (Wildman–Crippen LogP) is -0.170. The molecule has 0 saturated carbocycles. The van der Waals surface area contributed by atoms with Gasteiger partial charge in [0.2, 0.25) is 5.91 Å². The van der Waals surface area contributed by atoms with Gasteiger partial charge < -0.3 is 20.5 Å². The van der Waals surface area contributed by atoms with E-state index in [1.165, 1.54) is 0 Å². The summed E-state index contributed by atoms with van der Waals surface area (Å²) in [6, 6.07) is -0.251. The number of carbonyl (C=O) groups excluding carboxylic acids is 1. The van der Waals surface area contributed by atoms with Crippen LogP contribution in [-0.2, 0) is 14.3 Å². The Balaban J connectivity index is 3.67. The van der Waals surface area contributed by atoms with Crippen molar-refractivity contribution in [2.75, 3.05) is 26.9 Å². The number of ether oxygens (including phenoxy) is 2. The van der Waals surface area contributed by atoms with E-state index in [4.69, 9.17) is 27.4 Å². The van der Waals surface area contributed by atoms with Crippen LogP contribution < -0.4 is 11.1 Å². The number of hydrogen-bond acceptors (Lipinski definition) is 4. The molecule has 0 aromatic carbocycles. The molecule has 0 bridgehead atoms. The van der Waals surface area contributed by atoms with E-state index in [0.717, 1.165) is 0 Å². The van der Waals surface area contributed by atoms with E-state index in [0.29, 0.717) is 24.6 Å². The average molecular weight is 234 g/mol. The van der Waals surface area contributed by atoms with Crippen molar-refractivity contribution < 1.29 is 14.3 Å². The lowest BCUT2D eigenvalue weighted by atomic mass is 10.2. The van der Waals surface area contributed by atoms with Crippen LogP contribution in [0.15, 0.2) is 0 Å². The summed E-state index contributed by atoms with van der Waals surface area (Å²) in [5, 5.41) is 2.67. The van der Waals surface area contributed by atoms with E-state index >= 15 is 0 Å². The largest absolute Gasteiger partial charge is 0.392 e. The van der Waals surface area contributed by atoms with Crippen molar-refractivity contribution >= 4 is 23.1 Å². The van der Waals surface area contributed by atoms with Crippen molar-refractivity contribution in [2.45, 2.75) is 19.4 Å². The van der Waals surface area contributed by atoms with Gasteiger partial charge in [-0.25, -0.2) is 0 Å². The first-order chi connectivity index (χ1) is 7.11. The highest BCUT2D eigenvalue weighted by Crippen LogP contribution is 1.91. The summed E-state index contributed by atoms with van der Waals surface area (Å²) >= 11 is 4.79. The first kappa shape index (κ1) is 14.3. The predicted molar refractivity (Wildman–Crippen MR) is 61.7 cm³/mol. The van der Waals surface area contributed by atoms with Gasteiger partial charge in [-0.05, 0) is 6.42 Å². The molecule has 0 saturated heterocycles. The van der Waals surface area contributed by atoms with Crippen molar-refractivity contribution in [3.63, 3.8) is 0 Å². The van der Waals surface area contributed by atoms with Crippen molar-refractivity contribution in [1.29, 1.82) is 0 Å². The molecule has 0 aliphatic carbocycles. The molecule has 1 unspecified atom stereocenters. The van der Waals surface area contributed by atoms with Gasteiger partial charge >= 0.3 is 0 Å². The Morgan fingerprint density at radius 3 is 2.67 bits per heavy atom. The molecule has 0 aliphatic rings. The fourth-order valence-corrected chi connectivity index (χ4v) is 1.14. The lowest BCUT2D eigenvalue weighted by molar-refractivity contribution is -0.126. The number of nitrogens with one attached hydrogen (secondary N) is 1. The van der Waals surface area contributed by atoms with Crippen LogP contribution in [0, 0.1) is 0 Å². The normalized spacial score (nSPS) is 12.1. The van der Waals surface area contributed by atoms with E-state index in [1.54, 1.807) is 7.11 Å². The van der Waals surface area contributed by atoms with Crippen molar-refractivity contribution in [3.8, 4) is 0 Å². The fourth-order valence-electron chi connectivity index (χ4n) is 0.917. The molecule has 0 aromatic rings. The van der Waals surface area contributed by atoms with Crippen LogP contribution in [-0.4, -0.2) is 43.9 Å². The highest BCUT2D eigenvalue weighted by Gasteiger charge is 2.12. The Labute approximate surface area is 95.3 Å². The van der Waals surface area contributed by atoms with Gasteiger partial charge in [0.25, 0.3) is 0 Å². The third kappa shape index (κ3) is 7.24. The summed E-state index contributed by atoms with van der Waals surface area (Å²) in [6.07, 6.45) is 0.680. The maximum atomic E-state index is 11.3. The number of hydrogen-bond donors (Lipinski definition) is 2. The molecule has 0 aliphatic heterocycles. The zero-order valence-corrected chi connectivity index (χ0v) is 9.93. The minimum absolute atomic E-state index is 0.00245. The number of nitrogens with two attached hydrogens (primary N) is 1. The third-order valence-electron chi connectivity index (χ3n) is 1.75. The quantitative estimate of drug-likeness (QED) is 0.450. The van der Waals surface area contributed by atoms with Gasteiger partial charge in [-0.2, -0.15) is 0 Å². The summed E-state index contributed by atoms with van der Waals surface area (Å²) in [5.74, 6) is -0.217. The van der Waals surface area contributed by atoms with Gasteiger partial charge in [0.1, 0.15) is 6.61 Å². The van der Waals surface area contributed by atoms with Crippen LogP contribution >= 0.6 is 12.2 Å². The number of carbonyl (C=O) groups is 1. The molecule has 5 nitrogen and oxygen atoms in total. The van der Waals surface area contributed by atoms with Gasteiger partial charge in [0.15, 0.2) is 0 Å². The molecular formula is C9H18N2O3S. The fraction of sp³-hybridized carbons (Fsp3) is 0.778. The zero-order chi connectivity index (χ0) is 11.7. The lowest BCUT2D eigenvalue weighted by Gasteiger charge is -2.15. The minimum atomic E-state index is -0.251. The molecule has 0 rings (SSSR count). The zero-order valence-electron chi connectivity index (χ0n) is 9.12. The first-order valence-electron chi connectivity index (χ1n) is 4.77.